The third-order valence-corrected chi connectivity index (χ3v) is 4.83. The third-order valence-electron chi connectivity index (χ3n) is 4.83. The van der Waals surface area contributed by atoms with Gasteiger partial charge in [-0.25, -0.2) is 4.98 Å². The summed E-state index contributed by atoms with van der Waals surface area (Å²) in [5.41, 5.74) is 8.68. The maximum atomic E-state index is 6.39. The number of benzene rings is 1. The Hall–Kier alpha value is -1.39. The highest BCUT2D eigenvalue weighted by atomic mass is 16.5. The van der Waals surface area contributed by atoms with Gasteiger partial charge in [-0.15, -0.1) is 0 Å². The molecule has 1 aliphatic rings. The summed E-state index contributed by atoms with van der Waals surface area (Å²) in [5, 5.41) is 0. The molecule has 2 aromatic rings. The third kappa shape index (κ3) is 2.70. The average Bonchev–Trinajstić information content (AvgIpc) is 2.79. The lowest BCUT2D eigenvalue weighted by atomic mass is 9.75. The maximum absolute atomic E-state index is 6.39. The first-order valence-electron chi connectivity index (χ1n) is 7.92. The number of aromatic nitrogens is 2. The first-order valence-corrected chi connectivity index (χ1v) is 7.92. The molecule has 0 aliphatic heterocycles. The predicted octanol–water partition coefficient (Wildman–Crippen LogP) is 2.89. The van der Waals surface area contributed by atoms with Gasteiger partial charge in [-0.2, -0.15) is 0 Å². The smallest absolute Gasteiger partial charge is 0.111 e. The number of ether oxygens (including phenoxy) is 1. The second-order valence-corrected chi connectivity index (χ2v) is 6.17. The molecule has 1 aliphatic carbocycles. The molecule has 0 saturated heterocycles. The number of fused-ring (bicyclic) bond motifs is 1. The Morgan fingerprint density at radius 3 is 2.76 bits per heavy atom. The van der Waals surface area contributed by atoms with E-state index in [-0.39, 0.29) is 11.6 Å². The number of hydrogen-bond acceptors (Lipinski definition) is 3. The molecule has 4 heteroatoms. The molecular weight excluding hydrogens is 262 g/mol. The van der Waals surface area contributed by atoms with Gasteiger partial charge >= 0.3 is 0 Å². The highest BCUT2D eigenvalue weighted by molar-refractivity contribution is 5.75. The zero-order valence-electron chi connectivity index (χ0n) is 13.0. The summed E-state index contributed by atoms with van der Waals surface area (Å²) < 4.78 is 7.96. The van der Waals surface area contributed by atoms with E-state index in [4.69, 9.17) is 15.5 Å². The van der Waals surface area contributed by atoms with Gasteiger partial charge in [0.05, 0.1) is 16.6 Å². The van der Waals surface area contributed by atoms with Crippen molar-refractivity contribution in [2.24, 2.45) is 5.73 Å². The van der Waals surface area contributed by atoms with Crippen molar-refractivity contribution in [2.45, 2.75) is 57.2 Å². The highest BCUT2D eigenvalue weighted by Crippen LogP contribution is 2.39. The van der Waals surface area contributed by atoms with E-state index in [9.17, 15) is 0 Å². The predicted molar refractivity (Wildman–Crippen MR) is 85.3 cm³/mol. The van der Waals surface area contributed by atoms with Crippen molar-refractivity contribution in [1.29, 1.82) is 0 Å². The van der Waals surface area contributed by atoms with Crippen molar-refractivity contribution < 1.29 is 4.74 Å². The summed E-state index contributed by atoms with van der Waals surface area (Å²) in [4.78, 5) is 4.77. The van der Waals surface area contributed by atoms with Gasteiger partial charge in [0.25, 0.3) is 0 Å². The molecule has 1 aromatic carbocycles. The SMILES string of the molecule is CCn1c(CC(N)CC2(OC)CCC2)nc2ccccc21. The van der Waals surface area contributed by atoms with Gasteiger partial charge in [-0.05, 0) is 44.7 Å². The minimum Gasteiger partial charge on any atom is -0.378 e. The van der Waals surface area contributed by atoms with Crippen molar-refractivity contribution in [3.8, 4) is 0 Å². The molecule has 114 valence electrons. The Labute approximate surface area is 126 Å². The van der Waals surface area contributed by atoms with Crippen LogP contribution in [0.15, 0.2) is 24.3 Å². The number of imidazole rings is 1. The van der Waals surface area contributed by atoms with Crippen molar-refractivity contribution in [3.63, 3.8) is 0 Å². The van der Waals surface area contributed by atoms with E-state index in [1.54, 1.807) is 0 Å². The zero-order valence-corrected chi connectivity index (χ0v) is 13.0. The summed E-state index contributed by atoms with van der Waals surface area (Å²) in [5.74, 6) is 1.09. The summed E-state index contributed by atoms with van der Waals surface area (Å²) in [6.45, 7) is 3.09. The summed E-state index contributed by atoms with van der Waals surface area (Å²) in [6, 6.07) is 8.40. The standard InChI is InChI=1S/C17H25N3O/c1-3-20-15-8-5-4-7-14(15)19-16(20)11-13(18)12-17(21-2)9-6-10-17/h4-5,7-8,13H,3,6,9-12,18H2,1-2H3. The van der Waals surface area contributed by atoms with Crippen LogP contribution in [0.2, 0.25) is 0 Å². The van der Waals surface area contributed by atoms with Gasteiger partial charge in [0.2, 0.25) is 0 Å². The van der Waals surface area contributed by atoms with Crippen LogP contribution in [0.5, 0.6) is 0 Å². The molecule has 4 nitrogen and oxygen atoms in total. The average molecular weight is 287 g/mol. The van der Waals surface area contributed by atoms with Crippen LogP contribution in [0, 0.1) is 0 Å². The fourth-order valence-corrected chi connectivity index (χ4v) is 3.48. The van der Waals surface area contributed by atoms with E-state index < -0.39 is 0 Å². The molecule has 0 spiro atoms. The number of nitrogens with two attached hydrogens (primary N) is 1. The molecular formula is C17H25N3O. The quantitative estimate of drug-likeness (QED) is 0.889. The minimum absolute atomic E-state index is 0.0302. The topological polar surface area (TPSA) is 53.1 Å². The lowest BCUT2D eigenvalue weighted by Crippen LogP contribution is -2.45. The number of methoxy groups -OCH3 is 1. The number of rotatable bonds is 6. The molecule has 1 unspecified atom stereocenters. The van der Waals surface area contributed by atoms with Gasteiger partial charge in [0.15, 0.2) is 0 Å². The molecule has 3 rings (SSSR count). The van der Waals surface area contributed by atoms with Crippen molar-refractivity contribution in [3.05, 3.63) is 30.1 Å². The second-order valence-electron chi connectivity index (χ2n) is 6.17. The van der Waals surface area contributed by atoms with E-state index >= 15 is 0 Å². The Kier molecular flexibility index (Phi) is 4.00. The summed E-state index contributed by atoms with van der Waals surface area (Å²) >= 11 is 0. The number of nitrogens with zero attached hydrogens (tertiary/aromatic N) is 2. The van der Waals surface area contributed by atoms with Crippen LogP contribution in [0.3, 0.4) is 0 Å². The van der Waals surface area contributed by atoms with Gasteiger partial charge in [0, 0.05) is 26.1 Å². The van der Waals surface area contributed by atoms with Crippen molar-refractivity contribution >= 4 is 11.0 Å². The van der Waals surface area contributed by atoms with Crippen LogP contribution >= 0.6 is 0 Å². The van der Waals surface area contributed by atoms with Crippen LogP contribution in [-0.2, 0) is 17.7 Å². The van der Waals surface area contributed by atoms with Gasteiger partial charge in [0.1, 0.15) is 5.82 Å². The van der Waals surface area contributed by atoms with E-state index in [0.29, 0.717) is 0 Å². The van der Waals surface area contributed by atoms with E-state index in [1.807, 2.05) is 13.2 Å². The van der Waals surface area contributed by atoms with Crippen LogP contribution in [0.25, 0.3) is 11.0 Å². The molecule has 1 atom stereocenters. The molecule has 0 radical (unpaired) electrons. The van der Waals surface area contributed by atoms with Crippen LogP contribution in [0.1, 0.15) is 38.4 Å². The number of aryl methyl sites for hydroxylation is 1. The molecule has 1 aromatic heterocycles. The summed E-state index contributed by atoms with van der Waals surface area (Å²) in [7, 11) is 1.81. The van der Waals surface area contributed by atoms with E-state index in [1.165, 1.54) is 11.9 Å². The fraction of sp³-hybridized carbons (Fsp3) is 0.588. The fourth-order valence-electron chi connectivity index (χ4n) is 3.48. The van der Waals surface area contributed by atoms with Crippen LogP contribution in [-0.4, -0.2) is 28.3 Å². The lowest BCUT2D eigenvalue weighted by molar-refractivity contribution is -0.0814. The maximum Gasteiger partial charge on any atom is 0.111 e. The highest BCUT2D eigenvalue weighted by Gasteiger charge is 2.38. The second kappa shape index (κ2) is 5.78. The molecule has 21 heavy (non-hydrogen) atoms. The Bertz CT molecular complexity index is 610. The first-order chi connectivity index (χ1) is 10.2. The van der Waals surface area contributed by atoms with Crippen molar-refractivity contribution in [1.82, 2.24) is 9.55 Å². The van der Waals surface area contributed by atoms with E-state index in [2.05, 4.69) is 29.7 Å². The van der Waals surface area contributed by atoms with Crippen molar-refractivity contribution in [2.75, 3.05) is 7.11 Å². The monoisotopic (exact) mass is 287 g/mol. The molecule has 1 heterocycles. The van der Waals surface area contributed by atoms with Gasteiger partial charge in [-0.1, -0.05) is 12.1 Å². The number of para-hydroxylation sites is 2. The van der Waals surface area contributed by atoms with Crippen LogP contribution in [0.4, 0.5) is 0 Å². The Morgan fingerprint density at radius 1 is 1.38 bits per heavy atom. The van der Waals surface area contributed by atoms with Gasteiger partial charge in [-0.3, -0.25) is 0 Å². The minimum atomic E-state index is 0.0302. The number of hydrogen-bond donors (Lipinski definition) is 1. The Morgan fingerprint density at radius 2 is 2.14 bits per heavy atom. The van der Waals surface area contributed by atoms with Gasteiger partial charge < -0.3 is 15.0 Å². The molecule has 0 bridgehead atoms. The molecule has 1 saturated carbocycles. The molecule has 2 N–H and O–H groups in total. The Balaban J connectivity index is 1.78. The van der Waals surface area contributed by atoms with Crippen LogP contribution < -0.4 is 5.73 Å². The largest absolute Gasteiger partial charge is 0.378 e. The molecule has 0 amide bonds. The molecule has 1 fully saturated rings. The normalized spacial score (nSPS) is 18.6. The lowest BCUT2D eigenvalue weighted by Gasteiger charge is -2.42. The van der Waals surface area contributed by atoms with E-state index in [0.717, 1.165) is 43.6 Å². The summed E-state index contributed by atoms with van der Waals surface area (Å²) in [6.07, 6.45) is 5.28. The first kappa shape index (κ1) is 14.5. The zero-order chi connectivity index (χ0) is 14.9.